The van der Waals surface area contributed by atoms with E-state index in [9.17, 15) is 0 Å². The Kier molecular flexibility index (Phi) is 3.95. The van der Waals surface area contributed by atoms with Crippen molar-refractivity contribution in [2.75, 3.05) is 24.6 Å². The molecule has 1 atom stereocenters. The van der Waals surface area contributed by atoms with Gasteiger partial charge in [-0.1, -0.05) is 0 Å². The second kappa shape index (κ2) is 6.24. The largest absolute Gasteiger partial charge is 0.377 e. The Morgan fingerprint density at radius 1 is 1.09 bits per heavy atom. The Labute approximate surface area is 136 Å². The van der Waals surface area contributed by atoms with Crippen molar-refractivity contribution in [2.45, 2.75) is 31.8 Å². The van der Waals surface area contributed by atoms with Crippen LogP contribution in [0.4, 0.5) is 5.69 Å². The molecule has 0 radical (unpaired) electrons. The van der Waals surface area contributed by atoms with Crippen LogP contribution in [-0.2, 0) is 11.2 Å². The highest BCUT2D eigenvalue weighted by molar-refractivity contribution is 5.44. The molecule has 2 saturated heterocycles. The highest BCUT2D eigenvalue weighted by Gasteiger charge is 2.45. The summed E-state index contributed by atoms with van der Waals surface area (Å²) in [6, 6.07) is 4.16. The molecule has 4 heterocycles. The van der Waals surface area contributed by atoms with Gasteiger partial charge in [-0.3, -0.25) is 4.98 Å². The predicted molar refractivity (Wildman–Crippen MR) is 88.2 cm³/mol. The minimum atomic E-state index is 0.296. The molecular weight excluding hydrogens is 288 g/mol. The van der Waals surface area contributed by atoms with E-state index in [1.165, 1.54) is 30.5 Å². The molecular formula is C18H22N4O. The zero-order valence-electron chi connectivity index (χ0n) is 13.3. The van der Waals surface area contributed by atoms with Gasteiger partial charge >= 0.3 is 0 Å². The SMILES string of the molecule is c1cncc(N2CCC3(CCO[C@H]3Cc3cncnc3)CC2)c1. The van der Waals surface area contributed by atoms with Crippen LogP contribution in [0.5, 0.6) is 0 Å². The fourth-order valence-corrected chi connectivity index (χ4v) is 3.99. The van der Waals surface area contributed by atoms with E-state index in [2.05, 4.69) is 25.9 Å². The van der Waals surface area contributed by atoms with Crippen molar-refractivity contribution in [3.05, 3.63) is 48.8 Å². The van der Waals surface area contributed by atoms with Gasteiger partial charge in [0, 0.05) is 50.1 Å². The summed E-state index contributed by atoms with van der Waals surface area (Å²) >= 11 is 0. The van der Waals surface area contributed by atoms with Gasteiger partial charge in [-0.15, -0.1) is 0 Å². The van der Waals surface area contributed by atoms with Crippen LogP contribution in [0.15, 0.2) is 43.2 Å². The summed E-state index contributed by atoms with van der Waals surface area (Å²) in [5.74, 6) is 0. The average molecular weight is 310 g/mol. The molecule has 0 amide bonds. The van der Waals surface area contributed by atoms with E-state index in [1.807, 2.05) is 30.9 Å². The predicted octanol–water partition coefficient (Wildman–Crippen LogP) is 2.49. The van der Waals surface area contributed by atoms with Crippen molar-refractivity contribution in [1.29, 1.82) is 0 Å². The van der Waals surface area contributed by atoms with E-state index in [4.69, 9.17) is 4.74 Å². The smallest absolute Gasteiger partial charge is 0.115 e. The van der Waals surface area contributed by atoms with Gasteiger partial charge in [0.15, 0.2) is 0 Å². The number of pyridine rings is 1. The standard InChI is InChI=1S/C18H22N4O/c1-2-16(13-19-6-1)22-7-3-18(4-8-22)5-9-23-17(18)10-15-11-20-14-21-12-15/h1-2,6,11-14,17H,3-5,7-10H2/t17-/m0/s1. The van der Waals surface area contributed by atoms with Crippen LogP contribution in [0.1, 0.15) is 24.8 Å². The number of anilines is 1. The number of piperidine rings is 1. The maximum absolute atomic E-state index is 6.10. The van der Waals surface area contributed by atoms with Crippen LogP contribution in [-0.4, -0.2) is 40.8 Å². The van der Waals surface area contributed by atoms with Crippen LogP contribution in [0, 0.1) is 5.41 Å². The van der Waals surface area contributed by atoms with Crippen LogP contribution in [0.2, 0.25) is 0 Å². The number of aromatic nitrogens is 3. The molecule has 0 saturated carbocycles. The number of hydrogen-bond acceptors (Lipinski definition) is 5. The lowest BCUT2D eigenvalue weighted by Gasteiger charge is -2.43. The van der Waals surface area contributed by atoms with E-state index >= 15 is 0 Å². The summed E-state index contributed by atoms with van der Waals surface area (Å²) in [6.45, 7) is 3.04. The van der Waals surface area contributed by atoms with Gasteiger partial charge in [-0.05, 0) is 37.0 Å². The Hall–Kier alpha value is -2.01. The molecule has 0 aliphatic carbocycles. The third-order valence-corrected chi connectivity index (χ3v) is 5.41. The summed E-state index contributed by atoms with van der Waals surface area (Å²) in [7, 11) is 0. The first kappa shape index (κ1) is 14.6. The Balaban J connectivity index is 1.44. The third-order valence-electron chi connectivity index (χ3n) is 5.41. The van der Waals surface area contributed by atoms with Crippen LogP contribution >= 0.6 is 0 Å². The minimum Gasteiger partial charge on any atom is -0.377 e. The first-order valence-electron chi connectivity index (χ1n) is 8.36. The van der Waals surface area contributed by atoms with E-state index in [0.29, 0.717) is 11.5 Å². The molecule has 2 aliphatic rings. The summed E-state index contributed by atoms with van der Waals surface area (Å²) < 4.78 is 6.10. The van der Waals surface area contributed by atoms with Gasteiger partial charge < -0.3 is 9.64 Å². The minimum absolute atomic E-state index is 0.296. The fraction of sp³-hybridized carbons (Fsp3) is 0.500. The molecule has 23 heavy (non-hydrogen) atoms. The van der Waals surface area contributed by atoms with Gasteiger partial charge in [-0.25, -0.2) is 9.97 Å². The van der Waals surface area contributed by atoms with E-state index in [0.717, 1.165) is 26.1 Å². The normalized spacial score (nSPS) is 23.3. The molecule has 0 aromatic carbocycles. The highest BCUT2D eigenvalue weighted by Crippen LogP contribution is 2.45. The first-order chi connectivity index (χ1) is 11.4. The second-order valence-corrected chi connectivity index (χ2v) is 6.62. The van der Waals surface area contributed by atoms with E-state index < -0.39 is 0 Å². The van der Waals surface area contributed by atoms with Gasteiger partial charge in [0.05, 0.1) is 18.0 Å². The number of rotatable bonds is 3. The van der Waals surface area contributed by atoms with Crippen molar-refractivity contribution < 1.29 is 4.74 Å². The molecule has 0 N–H and O–H groups in total. The molecule has 2 aliphatic heterocycles. The van der Waals surface area contributed by atoms with Gasteiger partial charge in [-0.2, -0.15) is 0 Å². The molecule has 0 bridgehead atoms. The summed E-state index contributed by atoms with van der Waals surface area (Å²) in [5.41, 5.74) is 2.72. The van der Waals surface area contributed by atoms with Crippen LogP contribution < -0.4 is 4.90 Å². The summed E-state index contributed by atoms with van der Waals surface area (Å²) in [6.07, 6.45) is 14.0. The molecule has 5 heteroatoms. The lowest BCUT2D eigenvalue weighted by Crippen LogP contribution is -2.45. The second-order valence-electron chi connectivity index (χ2n) is 6.62. The molecule has 2 aromatic heterocycles. The van der Waals surface area contributed by atoms with Gasteiger partial charge in [0.25, 0.3) is 0 Å². The van der Waals surface area contributed by atoms with E-state index in [-0.39, 0.29) is 0 Å². The Bertz CT molecular complexity index is 626. The highest BCUT2D eigenvalue weighted by atomic mass is 16.5. The van der Waals surface area contributed by atoms with Gasteiger partial charge in [0.1, 0.15) is 6.33 Å². The van der Waals surface area contributed by atoms with Crippen LogP contribution in [0.3, 0.4) is 0 Å². The van der Waals surface area contributed by atoms with Crippen molar-refractivity contribution in [1.82, 2.24) is 15.0 Å². The number of hydrogen-bond donors (Lipinski definition) is 0. The lowest BCUT2D eigenvalue weighted by atomic mass is 9.71. The number of nitrogens with zero attached hydrogens (tertiary/aromatic N) is 4. The fourth-order valence-electron chi connectivity index (χ4n) is 3.99. The molecule has 2 aromatic rings. The first-order valence-corrected chi connectivity index (χ1v) is 8.36. The Morgan fingerprint density at radius 2 is 1.91 bits per heavy atom. The third kappa shape index (κ3) is 2.93. The maximum atomic E-state index is 6.10. The van der Waals surface area contributed by atoms with Crippen molar-refractivity contribution >= 4 is 5.69 Å². The van der Waals surface area contributed by atoms with E-state index in [1.54, 1.807) is 6.33 Å². The topological polar surface area (TPSA) is 51.1 Å². The van der Waals surface area contributed by atoms with Gasteiger partial charge in [0.2, 0.25) is 0 Å². The summed E-state index contributed by atoms with van der Waals surface area (Å²) in [5, 5.41) is 0. The van der Waals surface area contributed by atoms with Crippen LogP contribution in [0.25, 0.3) is 0 Å². The average Bonchev–Trinajstić information content (AvgIpc) is 2.99. The molecule has 2 fully saturated rings. The van der Waals surface area contributed by atoms with Crippen molar-refractivity contribution in [3.63, 3.8) is 0 Å². The zero-order valence-corrected chi connectivity index (χ0v) is 13.3. The molecule has 120 valence electrons. The lowest BCUT2D eigenvalue weighted by molar-refractivity contribution is 0.0356. The van der Waals surface area contributed by atoms with Crippen molar-refractivity contribution in [2.24, 2.45) is 5.41 Å². The maximum Gasteiger partial charge on any atom is 0.115 e. The molecule has 0 unspecified atom stereocenters. The quantitative estimate of drug-likeness (QED) is 0.872. The molecule has 5 nitrogen and oxygen atoms in total. The Morgan fingerprint density at radius 3 is 2.65 bits per heavy atom. The molecule has 1 spiro atoms. The number of ether oxygens (including phenoxy) is 1. The summed E-state index contributed by atoms with van der Waals surface area (Å²) in [4.78, 5) is 14.9. The zero-order chi connectivity index (χ0) is 15.5. The molecule has 4 rings (SSSR count). The van der Waals surface area contributed by atoms with Crippen molar-refractivity contribution in [3.8, 4) is 0 Å². The monoisotopic (exact) mass is 310 g/mol.